The summed E-state index contributed by atoms with van der Waals surface area (Å²) in [6.07, 6.45) is -1.67. The highest BCUT2D eigenvalue weighted by molar-refractivity contribution is 7.89. The zero-order valence-corrected chi connectivity index (χ0v) is 11.9. The number of primary sulfonamides is 1. The molecule has 0 saturated heterocycles. The molecule has 0 aliphatic heterocycles. The second kappa shape index (κ2) is 5.93. The number of sulfonamides is 1. The molecule has 0 bridgehead atoms. The summed E-state index contributed by atoms with van der Waals surface area (Å²) in [5.74, 6) is 0. The molecule has 0 radical (unpaired) electrons. The minimum atomic E-state index is -4.71. The Morgan fingerprint density at radius 1 is 1.14 bits per heavy atom. The van der Waals surface area contributed by atoms with Gasteiger partial charge in [0.15, 0.2) is 0 Å². The van der Waals surface area contributed by atoms with Crippen LogP contribution in [0.3, 0.4) is 0 Å². The van der Waals surface area contributed by atoms with Crippen molar-refractivity contribution in [2.24, 2.45) is 5.14 Å². The monoisotopic (exact) mass is 331 g/mol. The number of nitrogens with one attached hydrogen (secondary N) is 1. The van der Waals surface area contributed by atoms with Crippen LogP contribution in [0.15, 0.2) is 47.6 Å². The number of halogens is 3. The molecule has 118 valence electrons. The molecule has 5 nitrogen and oxygen atoms in total. The molecular formula is C13H12F3N3O2S. The Bertz CT molecular complexity index is 762. The summed E-state index contributed by atoms with van der Waals surface area (Å²) in [6, 6.07) is 5.89. The number of aromatic nitrogens is 1. The molecule has 22 heavy (non-hydrogen) atoms. The fourth-order valence-corrected chi connectivity index (χ4v) is 2.33. The van der Waals surface area contributed by atoms with Gasteiger partial charge in [-0.2, -0.15) is 13.2 Å². The average molecular weight is 331 g/mol. The molecule has 1 aromatic carbocycles. The van der Waals surface area contributed by atoms with Gasteiger partial charge in [-0.1, -0.05) is 0 Å². The number of rotatable bonds is 4. The summed E-state index contributed by atoms with van der Waals surface area (Å²) >= 11 is 0. The van der Waals surface area contributed by atoms with Gasteiger partial charge in [-0.25, -0.2) is 13.6 Å². The molecule has 0 spiro atoms. The lowest BCUT2D eigenvalue weighted by Crippen LogP contribution is -2.16. The van der Waals surface area contributed by atoms with Gasteiger partial charge in [0.05, 0.1) is 10.5 Å². The van der Waals surface area contributed by atoms with Crippen molar-refractivity contribution in [3.05, 3.63) is 53.9 Å². The lowest BCUT2D eigenvalue weighted by atomic mass is 10.1. The third-order valence-electron chi connectivity index (χ3n) is 2.86. The summed E-state index contributed by atoms with van der Waals surface area (Å²) in [5, 5.41) is 7.49. The summed E-state index contributed by atoms with van der Waals surface area (Å²) in [6.45, 7) is 0.139. The van der Waals surface area contributed by atoms with Gasteiger partial charge in [-0.05, 0) is 35.9 Å². The maximum Gasteiger partial charge on any atom is 0.418 e. The van der Waals surface area contributed by atoms with Crippen LogP contribution in [0.4, 0.5) is 18.9 Å². The molecule has 0 saturated carbocycles. The highest BCUT2D eigenvalue weighted by Crippen LogP contribution is 2.36. The van der Waals surface area contributed by atoms with Crippen molar-refractivity contribution in [3.63, 3.8) is 0 Å². The number of pyridine rings is 1. The second-order valence-corrected chi connectivity index (χ2v) is 6.02. The Balaban J connectivity index is 2.35. The van der Waals surface area contributed by atoms with E-state index in [0.717, 1.165) is 17.7 Å². The molecule has 2 aromatic rings. The predicted octanol–water partition coefficient (Wildman–Crippen LogP) is 2.36. The van der Waals surface area contributed by atoms with E-state index in [1.165, 1.54) is 12.4 Å². The van der Waals surface area contributed by atoms with Crippen LogP contribution in [-0.2, 0) is 22.7 Å². The normalized spacial score (nSPS) is 12.2. The summed E-state index contributed by atoms with van der Waals surface area (Å²) < 4.78 is 61.5. The van der Waals surface area contributed by atoms with Crippen molar-refractivity contribution in [2.75, 3.05) is 5.32 Å². The predicted molar refractivity (Wildman–Crippen MR) is 74.4 cm³/mol. The van der Waals surface area contributed by atoms with E-state index < -0.39 is 26.7 Å². The number of benzene rings is 1. The van der Waals surface area contributed by atoms with Gasteiger partial charge < -0.3 is 5.32 Å². The van der Waals surface area contributed by atoms with Crippen molar-refractivity contribution in [2.45, 2.75) is 17.6 Å². The number of hydrogen-bond donors (Lipinski definition) is 2. The summed E-state index contributed by atoms with van der Waals surface area (Å²) in [7, 11) is -4.21. The van der Waals surface area contributed by atoms with E-state index >= 15 is 0 Å². The van der Waals surface area contributed by atoms with Crippen molar-refractivity contribution in [3.8, 4) is 0 Å². The average Bonchev–Trinajstić information content (AvgIpc) is 2.44. The smallest absolute Gasteiger partial charge is 0.380 e. The van der Waals surface area contributed by atoms with Crippen LogP contribution in [0.25, 0.3) is 0 Å². The number of hydrogen-bond acceptors (Lipinski definition) is 4. The summed E-state index contributed by atoms with van der Waals surface area (Å²) in [5.41, 5.74) is -0.580. The molecule has 0 fully saturated rings. The molecule has 0 aliphatic carbocycles. The van der Waals surface area contributed by atoms with E-state index in [4.69, 9.17) is 5.14 Å². The molecule has 3 N–H and O–H groups in total. The van der Waals surface area contributed by atoms with Crippen LogP contribution < -0.4 is 10.5 Å². The fourth-order valence-electron chi connectivity index (χ4n) is 1.79. The summed E-state index contributed by atoms with van der Waals surface area (Å²) in [4.78, 5) is 3.22. The first kappa shape index (κ1) is 16.2. The van der Waals surface area contributed by atoms with Crippen LogP contribution in [0.5, 0.6) is 0 Å². The first-order valence-electron chi connectivity index (χ1n) is 6.05. The zero-order chi connectivity index (χ0) is 16.4. The quantitative estimate of drug-likeness (QED) is 0.901. The number of nitrogens with zero attached hydrogens (tertiary/aromatic N) is 1. The Kier molecular flexibility index (Phi) is 4.38. The van der Waals surface area contributed by atoms with Crippen molar-refractivity contribution in [1.82, 2.24) is 4.98 Å². The second-order valence-electron chi connectivity index (χ2n) is 4.46. The van der Waals surface area contributed by atoms with Gasteiger partial charge in [0, 0.05) is 24.6 Å². The van der Waals surface area contributed by atoms with Gasteiger partial charge in [0.25, 0.3) is 0 Å². The lowest BCUT2D eigenvalue weighted by Gasteiger charge is -2.15. The Morgan fingerprint density at radius 2 is 1.77 bits per heavy atom. The Hall–Kier alpha value is -2.13. The van der Waals surface area contributed by atoms with Crippen LogP contribution in [0.2, 0.25) is 0 Å². The third kappa shape index (κ3) is 3.95. The van der Waals surface area contributed by atoms with Gasteiger partial charge in [0.2, 0.25) is 10.0 Å². The van der Waals surface area contributed by atoms with Crippen molar-refractivity contribution < 1.29 is 21.6 Å². The molecule has 1 aromatic heterocycles. The maximum atomic E-state index is 13.1. The Morgan fingerprint density at radius 3 is 2.32 bits per heavy atom. The standard InChI is InChI=1S/C13H12F3N3O2S/c14-13(15,16)11-7-10(22(17,20)21)1-2-12(11)19-8-9-3-5-18-6-4-9/h1-7,19H,8H2,(H2,17,20,21). The molecule has 0 unspecified atom stereocenters. The third-order valence-corrected chi connectivity index (χ3v) is 3.77. The molecule has 2 rings (SSSR count). The van der Waals surface area contributed by atoms with E-state index in [-0.39, 0.29) is 12.2 Å². The minimum absolute atomic E-state index is 0.139. The molecular weight excluding hydrogens is 319 g/mol. The van der Waals surface area contributed by atoms with Gasteiger partial charge in [-0.3, -0.25) is 4.98 Å². The van der Waals surface area contributed by atoms with E-state index in [0.29, 0.717) is 6.07 Å². The molecule has 1 heterocycles. The van der Waals surface area contributed by atoms with Crippen molar-refractivity contribution in [1.29, 1.82) is 0 Å². The van der Waals surface area contributed by atoms with Gasteiger partial charge in [-0.15, -0.1) is 0 Å². The molecule has 0 amide bonds. The minimum Gasteiger partial charge on any atom is -0.380 e. The fraction of sp³-hybridized carbons (Fsp3) is 0.154. The largest absolute Gasteiger partial charge is 0.418 e. The zero-order valence-electron chi connectivity index (χ0n) is 11.1. The van der Waals surface area contributed by atoms with E-state index in [1.807, 2.05) is 0 Å². The lowest BCUT2D eigenvalue weighted by molar-refractivity contribution is -0.137. The maximum absolute atomic E-state index is 13.1. The highest BCUT2D eigenvalue weighted by atomic mass is 32.2. The van der Waals surface area contributed by atoms with E-state index in [2.05, 4.69) is 10.3 Å². The molecule has 0 aliphatic rings. The first-order valence-corrected chi connectivity index (χ1v) is 7.59. The van der Waals surface area contributed by atoms with Crippen LogP contribution in [-0.4, -0.2) is 13.4 Å². The molecule has 0 atom stereocenters. The van der Waals surface area contributed by atoms with E-state index in [1.54, 1.807) is 12.1 Å². The number of nitrogens with two attached hydrogens (primary N) is 1. The topological polar surface area (TPSA) is 85.1 Å². The molecule has 9 heteroatoms. The number of alkyl halides is 3. The first-order chi connectivity index (χ1) is 10.2. The van der Waals surface area contributed by atoms with Gasteiger partial charge in [0.1, 0.15) is 0 Å². The Labute approximate surface area is 125 Å². The van der Waals surface area contributed by atoms with Crippen LogP contribution >= 0.6 is 0 Å². The van der Waals surface area contributed by atoms with Crippen LogP contribution in [0, 0.1) is 0 Å². The SMILES string of the molecule is NS(=O)(=O)c1ccc(NCc2ccncc2)c(C(F)(F)F)c1. The van der Waals surface area contributed by atoms with E-state index in [9.17, 15) is 21.6 Å². The number of anilines is 1. The van der Waals surface area contributed by atoms with Crippen LogP contribution in [0.1, 0.15) is 11.1 Å². The van der Waals surface area contributed by atoms with Gasteiger partial charge >= 0.3 is 6.18 Å². The van der Waals surface area contributed by atoms with Crippen molar-refractivity contribution >= 4 is 15.7 Å². The highest BCUT2D eigenvalue weighted by Gasteiger charge is 2.34.